The topological polar surface area (TPSA) is 79.8 Å². The normalized spacial score (nSPS) is 18.9. The molecule has 0 spiro atoms. The Hall–Kier alpha value is -1.84. The summed E-state index contributed by atoms with van der Waals surface area (Å²) in [5.41, 5.74) is 8.71. The molecule has 0 heterocycles. The number of aliphatic hydroxyl groups is 1. The van der Waals surface area contributed by atoms with E-state index in [0.29, 0.717) is 11.3 Å². The summed E-state index contributed by atoms with van der Waals surface area (Å²) < 4.78 is 11.8. The summed E-state index contributed by atoms with van der Waals surface area (Å²) >= 11 is 2.24. The maximum Gasteiger partial charge on any atom is 0.265 e. The van der Waals surface area contributed by atoms with Gasteiger partial charge in [0.2, 0.25) is 0 Å². The molecular formula is C22H27IN2O4. The number of aliphatic hydroxyl groups excluding tert-OH is 1. The summed E-state index contributed by atoms with van der Waals surface area (Å²) in [7, 11) is 3.27. The molecule has 0 bridgehead atoms. The number of hydrogen-bond donors (Lipinski definition) is 3. The number of methoxy groups -OCH3 is 2. The molecule has 1 aliphatic rings. The maximum atomic E-state index is 12.4. The Labute approximate surface area is 185 Å². The van der Waals surface area contributed by atoms with Crippen molar-refractivity contribution in [1.29, 1.82) is 0 Å². The fraction of sp³-hybridized carbons (Fsp3) is 0.409. The first-order valence-electron chi connectivity index (χ1n) is 9.73. The van der Waals surface area contributed by atoms with E-state index >= 15 is 0 Å². The van der Waals surface area contributed by atoms with Crippen LogP contribution in [0.2, 0.25) is 0 Å². The number of benzene rings is 2. The molecule has 1 amide bonds. The van der Waals surface area contributed by atoms with Crippen LogP contribution in [0.25, 0.3) is 0 Å². The van der Waals surface area contributed by atoms with E-state index in [1.165, 1.54) is 0 Å². The van der Waals surface area contributed by atoms with Crippen LogP contribution in [0.4, 0.5) is 0 Å². The van der Waals surface area contributed by atoms with Gasteiger partial charge in [-0.1, -0.05) is 12.1 Å². The molecule has 1 saturated carbocycles. The van der Waals surface area contributed by atoms with Crippen LogP contribution in [-0.2, 0) is 6.42 Å². The van der Waals surface area contributed by atoms with E-state index < -0.39 is 0 Å². The minimum atomic E-state index is -0.203. The SMILES string of the molecule is COc1cc(Cc2ccc(C(=O)NNC3CCC(O)CC3)cc2)cc(I)c1OC. The van der Waals surface area contributed by atoms with E-state index in [0.717, 1.165) is 52.6 Å². The molecule has 0 radical (unpaired) electrons. The summed E-state index contributed by atoms with van der Waals surface area (Å²) in [4.78, 5) is 12.4. The van der Waals surface area contributed by atoms with Crippen molar-refractivity contribution in [3.63, 3.8) is 0 Å². The van der Waals surface area contributed by atoms with E-state index in [9.17, 15) is 9.90 Å². The summed E-state index contributed by atoms with van der Waals surface area (Å²) in [6.45, 7) is 0. The number of halogens is 1. The number of carbonyl (C=O) groups is 1. The van der Waals surface area contributed by atoms with Crippen molar-refractivity contribution in [3.8, 4) is 11.5 Å². The minimum Gasteiger partial charge on any atom is -0.493 e. The molecule has 7 heteroatoms. The molecular weight excluding hydrogens is 483 g/mol. The Bertz CT molecular complexity index is 833. The Kier molecular flexibility index (Phi) is 7.74. The standard InChI is InChI=1S/C22H27IN2O4/c1-28-20-13-15(12-19(23)21(20)29-2)11-14-3-5-16(6-4-14)22(27)25-24-17-7-9-18(26)10-8-17/h3-6,12-13,17-18,24,26H,7-11H2,1-2H3,(H,25,27). The van der Waals surface area contributed by atoms with Gasteiger partial charge in [0, 0.05) is 11.6 Å². The predicted octanol–water partition coefficient (Wildman–Crippen LogP) is 3.44. The van der Waals surface area contributed by atoms with Crippen LogP contribution in [0.3, 0.4) is 0 Å². The number of rotatable bonds is 7. The van der Waals surface area contributed by atoms with Crippen LogP contribution in [0, 0.1) is 3.57 Å². The van der Waals surface area contributed by atoms with Gasteiger partial charge in [0.25, 0.3) is 5.91 Å². The number of nitrogens with one attached hydrogen (secondary N) is 2. The zero-order valence-corrected chi connectivity index (χ0v) is 18.9. The molecule has 2 aromatic carbocycles. The van der Waals surface area contributed by atoms with Crippen molar-refractivity contribution >= 4 is 28.5 Å². The Morgan fingerprint density at radius 2 is 1.76 bits per heavy atom. The second-order valence-corrected chi connectivity index (χ2v) is 8.45. The molecule has 0 aliphatic heterocycles. The molecule has 3 N–H and O–H groups in total. The first kappa shape index (κ1) is 21.9. The number of hydrogen-bond acceptors (Lipinski definition) is 5. The Morgan fingerprint density at radius 3 is 2.38 bits per heavy atom. The molecule has 0 unspecified atom stereocenters. The van der Waals surface area contributed by atoms with E-state index in [1.54, 1.807) is 14.2 Å². The van der Waals surface area contributed by atoms with Gasteiger partial charge in [-0.3, -0.25) is 10.2 Å². The van der Waals surface area contributed by atoms with E-state index in [-0.39, 0.29) is 18.1 Å². The number of carbonyl (C=O) groups excluding carboxylic acids is 1. The molecule has 1 fully saturated rings. The van der Waals surface area contributed by atoms with Gasteiger partial charge in [-0.15, -0.1) is 0 Å². The molecule has 0 aromatic heterocycles. The van der Waals surface area contributed by atoms with E-state index in [4.69, 9.17) is 9.47 Å². The molecule has 29 heavy (non-hydrogen) atoms. The van der Waals surface area contributed by atoms with Crippen molar-refractivity contribution in [2.45, 2.75) is 44.2 Å². The first-order chi connectivity index (χ1) is 14.0. The van der Waals surface area contributed by atoms with E-state index in [1.807, 2.05) is 30.3 Å². The van der Waals surface area contributed by atoms with Crippen molar-refractivity contribution in [3.05, 3.63) is 56.7 Å². The van der Waals surface area contributed by atoms with Crippen LogP contribution in [-0.4, -0.2) is 37.4 Å². The summed E-state index contributed by atoms with van der Waals surface area (Å²) in [5, 5.41) is 9.56. The smallest absolute Gasteiger partial charge is 0.265 e. The fourth-order valence-corrected chi connectivity index (χ4v) is 4.43. The number of ether oxygens (including phenoxy) is 2. The van der Waals surface area contributed by atoms with Gasteiger partial charge in [0.15, 0.2) is 11.5 Å². The highest BCUT2D eigenvalue weighted by Crippen LogP contribution is 2.34. The lowest BCUT2D eigenvalue weighted by atomic mass is 9.94. The quantitative estimate of drug-likeness (QED) is 0.393. The number of amides is 1. The summed E-state index contributed by atoms with van der Waals surface area (Å²) in [6, 6.07) is 11.9. The molecule has 6 nitrogen and oxygen atoms in total. The van der Waals surface area contributed by atoms with Gasteiger partial charge in [-0.05, 0) is 90.1 Å². The summed E-state index contributed by atoms with van der Waals surface area (Å²) in [5.74, 6) is 1.30. The monoisotopic (exact) mass is 510 g/mol. The first-order valence-corrected chi connectivity index (χ1v) is 10.8. The van der Waals surface area contributed by atoms with Crippen molar-refractivity contribution < 1.29 is 19.4 Å². The highest BCUT2D eigenvalue weighted by molar-refractivity contribution is 14.1. The van der Waals surface area contributed by atoms with Gasteiger partial charge in [0.05, 0.1) is 23.9 Å². The van der Waals surface area contributed by atoms with Gasteiger partial charge in [0.1, 0.15) is 0 Å². The predicted molar refractivity (Wildman–Crippen MR) is 120 cm³/mol. The molecule has 1 aliphatic carbocycles. The van der Waals surface area contributed by atoms with Crippen molar-refractivity contribution in [1.82, 2.24) is 10.9 Å². The third kappa shape index (κ3) is 5.83. The van der Waals surface area contributed by atoms with Crippen LogP contribution < -0.4 is 20.3 Å². The largest absolute Gasteiger partial charge is 0.493 e. The van der Waals surface area contributed by atoms with Crippen molar-refractivity contribution in [2.24, 2.45) is 0 Å². The second-order valence-electron chi connectivity index (χ2n) is 7.29. The highest BCUT2D eigenvalue weighted by atomic mass is 127. The molecule has 2 aromatic rings. The third-order valence-electron chi connectivity index (χ3n) is 5.20. The van der Waals surface area contributed by atoms with Crippen LogP contribution in [0.15, 0.2) is 36.4 Å². The molecule has 3 rings (SSSR count). The van der Waals surface area contributed by atoms with Crippen LogP contribution in [0.5, 0.6) is 11.5 Å². The van der Waals surface area contributed by atoms with Gasteiger partial charge < -0.3 is 14.6 Å². The van der Waals surface area contributed by atoms with Gasteiger partial charge in [-0.25, -0.2) is 5.43 Å². The molecule has 0 saturated heterocycles. The Balaban J connectivity index is 1.58. The highest BCUT2D eigenvalue weighted by Gasteiger charge is 2.19. The molecule has 156 valence electrons. The van der Waals surface area contributed by atoms with Gasteiger partial charge >= 0.3 is 0 Å². The van der Waals surface area contributed by atoms with E-state index in [2.05, 4.69) is 39.5 Å². The minimum absolute atomic E-state index is 0.150. The lowest BCUT2D eigenvalue weighted by Gasteiger charge is -2.26. The summed E-state index contributed by atoms with van der Waals surface area (Å²) in [6.07, 6.45) is 3.81. The van der Waals surface area contributed by atoms with Crippen LogP contribution in [0.1, 0.15) is 47.2 Å². The fourth-order valence-electron chi connectivity index (χ4n) is 3.54. The maximum absolute atomic E-state index is 12.4. The van der Waals surface area contributed by atoms with Crippen molar-refractivity contribution in [2.75, 3.05) is 14.2 Å². The van der Waals surface area contributed by atoms with Gasteiger partial charge in [-0.2, -0.15) is 0 Å². The van der Waals surface area contributed by atoms with Crippen LogP contribution >= 0.6 is 22.6 Å². The Morgan fingerprint density at radius 1 is 1.07 bits per heavy atom. The lowest BCUT2D eigenvalue weighted by Crippen LogP contribution is -2.46. The zero-order chi connectivity index (χ0) is 20.8. The molecule has 0 atom stereocenters. The lowest BCUT2D eigenvalue weighted by molar-refractivity contribution is 0.0887. The third-order valence-corrected chi connectivity index (χ3v) is 6.01. The number of hydrazine groups is 1. The average molecular weight is 510 g/mol. The zero-order valence-electron chi connectivity index (χ0n) is 16.7. The average Bonchev–Trinajstić information content (AvgIpc) is 2.73. The second kappa shape index (κ2) is 10.3.